The van der Waals surface area contributed by atoms with Crippen LogP contribution in [0.4, 0.5) is 5.69 Å². The lowest BCUT2D eigenvalue weighted by Crippen LogP contribution is -3.00. The largest absolute Gasteiger partial charge is 1.00 e. The number of halogens is 2. The van der Waals surface area contributed by atoms with E-state index in [0.717, 1.165) is 63.1 Å². The number of anilines is 1. The molecule has 2 aliphatic carbocycles. The van der Waals surface area contributed by atoms with Gasteiger partial charge in [0.05, 0.1) is 39.7 Å². The quantitative estimate of drug-likeness (QED) is 0.0710. The van der Waals surface area contributed by atoms with E-state index in [1.165, 1.54) is 23.4 Å². The maximum atomic E-state index is 12.3. The number of carbonyl (C=O) groups excluding carboxylic acids is 1. The summed E-state index contributed by atoms with van der Waals surface area (Å²) in [5.41, 5.74) is 14.0. The van der Waals surface area contributed by atoms with Crippen molar-refractivity contribution in [1.82, 2.24) is 9.56 Å². The molecule has 2 heterocycles. The third-order valence-electron chi connectivity index (χ3n) is 9.08. The molecule has 12 nitrogen and oxygen atoms in total. The van der Waals surface area contributed by atoms with Gasteiger partial charge in [0, 0.05) is 45.8 Å². The lowest BCUT2D eigenvalue weighted by Gasteiger charge is -2.17. The van der Waals surface area contributed by atoms with Crippen molar-refractivity contribution in [3.8, 4) is 33.9 Å². The summed E-state index contributed by atoms with van der Waals surface area (Å²) >= 11 is 0. The molecule has 0 unspecified atom stereocenters. The monoisotopic (exact) mass is 813 g/mol. The second kappa shape index (κ2) is 18.4. The number of ether oxygens (including phenoxy) is 1. The average molecular weight is 815 g/mol. The molecule has 8 rings (SSSR count). The normalized spacial score (nSPS) is 10.9. The van der Waals surface area contributed by atoms with E-state index < -0.39 is 16.2 Å². The molecular weight excluding hydrogens is 771 g/mol. The van der Waals surface area contributed by atoms with Crippen LogP contribution >= 0.6 is 0 Å². The van der Waals surface area contributed by atoms with Gasteiger partial charge in [0.25, 0.3) is 0 Å². The molecule has 57 heavy (non-hydrogen) atoms. The number of esters is 1. The number of hydrogen-bond acceptors (Lipinski definition) is 10. The molecule has 0 saturated carbocycles. The zero-order valence-corrected chi connectivity index (χ0v) is 32.4. The number of aryl methyl sites for hydroxylation is 1. The molecule has 4 aromatic rings. The summed E-state index contributed by atoms with van der Waals surface area (Å²) in [7, 11) is -3.32. The molecule has 0 radical (unpaired) electrons. The standard InChI is InChI=1S/C21H16N2O3.C21H21N2O.CH4.ClHO4.ClH/c1-25-21(24)15-5-3-2-4-14(15)20-16-8-6-12(22)10-18(16)26-19-11-13(23)7-9-17(19)20;1-4-23(5-2)15-10-11-18-19(13-15)24-20-12-14(3)16-8-6-7-9-17(16)21(20)22-18;;2-1(3,4)5;/h2-11,22H,23H2,1H3;6-13H,4-5H2,1-3H3;1H4;(H,2,3,4,5);1H/q;+1;;;. The number of nitrogens with two attached hydrogens (primary N) is 2. The Bertz CT molecular complexity index is 2750. The van der Waals surface area contributed by atoms with Crippen LogP contribution < -0.4 is 52.8 Å². The molecule has 0 saturated heterocycles. The first kappa shape index (κ1) is 43.9. The fourth-order valence-electron chi connectivity index (χ4n) is 6.61. The number of nitrogens with zero attached hydrogens (tertiary/aromatic N) is 2. The topological polar surface area (TPSA) is 209 Å². The Morgan fingerprint density at radius 1 is 0.825 bits per heavy atom. The molecule has 0 amide bonds. The Morgan fingerprint density at radius 3 is 2.16 bits per heavy atom. The van der Waals surface area contributed by atoms with Gasteiger partial charge >= 0.3 is 5.97 Å². The van der Waals surface area contributed by atoms with Gasteiger partial charge in [0.1, 0.15) is 35.6 Å². The first-order chi connectivity index (χ1) is 26.3. The van der Waals surface area contributed by atoms with E-state index in [1.807, 2.05) is 42.5 Å². The first-order valence-electron chi connectivity index (χ1n) is 17.3. The third kappa shape index (κ3) is 9.76. The molecule has 14 heteroatoms. The number of rotatable bonds is 4. The lowest BCUT2D eigenvalue weighted by atomic mass is 9.91. The van der Waals surface area contributed by atoms with E-state index in [-0.39, 0.29) is 19.8 Å². The number of aromatic nitrogens is 1. The van der Waals surface area contributed by atoms with Crippen molar-refractivity contribution in [2.45, 2.75) is 28.2 Å². The molecule has 0 fully saturated rings. The van der Waals surface area contributed by atoms with Crippen LogP contribution in [0.5, 0.6) is 0 Å². The highest BCUT2D eigenvalue weighted by molar-refractivity contribution is 6.08. The van der Waals surface area contributed by atoms with E-state index in [2.05, 4.69) is 73.9 Å². The van der Waals surface area contributed by atoms with E-state index in [0.29, 0.717) is 28.0 Å². The number of carbonyl (C=O) groups is 1. The Labute approximate surface area is 337 Å². The number of methoxy groups -OCH3 is 1. The second-order valence-corrected chi connectivity index (χ2v) is 13.3. The Balaban J connectivity index is 0.000000220. The molecule has 2 aliphatic heterocycles. The van der Waals surface area contributed by atoms with E-state index >= 15 is 0 Å². The molecule has 4 aliphatic rings. The van der Waals surface area contributed by atoms with Gasteiger partial charge in [-0.15, -0.1) is 0 Å². The van der Waals surface area contributed by atoms with Gasteiger partial charge in [0.2, 0.25) is 5.36 Å². The van der Waals surface area contributed by atoms with E-state index in [9.17, 15) is 4.79 Å². The van der Waals surface area contributed by atoms with Crippen molar-refractivity contribution in [1.29, 1.82) is 0 Å². The molecule has 4 aromatic carbocycles. The maximum absolute atomic E-state index is 12.3. The van der Waals surface area contributed by atoms with Crippen LogP contribution in [0.1, 0.15) is 37.2 Å². The van der Waals surface area contributed by atoms with Gasteiger partial charge in [-0.2, -0.15) is 14.0 Å². The lowest BCUT2D eigenvalue weighted by molar-refractivity contribution is -1.92. The highest BCUT2D eigenvalue weighted by atomic mass is 35.7. The summed E-state index contributed by atoms with van der Waals surface area (Å²) in [4.78, 5) is 17.2. The third-order valence-corrected chi connectivity index (χ3v) is 9.08. The van der Waals surface area contributed by atoms with Crippen molar-refractivity contribution in [3.63, 3.8) is 0 Å². The summed E-state index contributed by atoms with van der Waals surface area (Å²) in [6, 6.07) is 35.0. The number of benzene rings is 6. The van der Waals surface area contributed by atoms with Gasteiger partial charge in [-0.05, 0) is 73.7 Å². The Morgan fingerprint density at radius 2 is 1.47 bits per heavy atom. The predicted octanol–water partition coefficient (Wildman–Crippen LogP) is -0.0445. The van der Waals surface area contributed by atoms with Crippen molar-refractivity contribution in [2.75, 3.05) is 25.9 Å². The van der Waals surface area contributed by atoms with Crippen molar-refractivity contribution in [2.24, 2.45) is 0 Å². The molecule has 0 aromatic heterocycles. The van der Waals surface area contributed by atoms with Crippen LogP contribution in [0, 0.1) is 17.2 Å². The van der Waals surface area contributed by atoms with Crippen molar-refractivity contribution >= 4 is 44.5 Å². The Kier molecular flexibility index (Phi) is 14.2. The number of nitrogen functional groups attached to an aromatic ring is 1. The summed E-state index contributed by atoms with van der Waals surface area (Å²) in [5, 5.41) is 10.9. The maximum Gasteiger partial charge on any atom is 0.338 e. The minimum absolute atomic E-state index is 0. The molecule has 296 valence electrons. The van der Waals surface area contributed by atoms with Gasteiger partial charge in [-0.25, -0.2) is 14.4 Å². The fraction of sp³-hybridized carbons (Fsp3) is 0.163. The zero-order chi connectivity index (χ0) is 39.4. The fourth-order valence-corrected chi connectivity index (χ4v) is 6.61. The molecule has 5 N–H and O–H groups in total. The summed E-state index contributed by atoms with van der Waals surface area (Å²) in [6.45, 7) is 8.41. The van der Waals surface area contributed by atoms with Crippen LogP contribution in [0.3, 0.4) is 0 Å². The van der Waals surface area contributed by atoms with Crippen LogP contribution in [-0.4, -0.2) is 35.8 Å². The van der Waals surface area contributed by atoms with Gasteiger partial charge in [0.15, 0.2) is 16.7 Å². The molecule has 0 bridgehead atoms. The molecule has 0 atom stereocenters. The summed E-state index contributed by atoms with van der Waals surface area (Å²) in [5.74, 6) is 1.06. The van der Waals surface area contributed by atoms with Crippen LogP contribution in [0.2, 0.25) is 0 Å². The SMILES string of the molecule is C.CC[N+](CC)=c1ccc2nc3c(cc(C)c4ccccc43)oc-2c1.COC(=O)c1ccccc1-c1c2ccc(=[NH2+])cc-2oc2cc(N)ccc12.[Cl-].[O-][Cl+3]([O-])([O-])O. The predicted molar refractivity (Wildman–Crippen MR) is 207 cm³/mol. The summed E-state index contributed by atoms with van der Waals surface area (Å²) in [6.07, 6.45) is 0. The molecular formula is C43H43Cl2N4O8+. The smallest absolute Gasteiger partial charge is 0.338 e. The average Bonchev–Trinajstić information content (AvgIpc) is 3.16. The second-order valence-electron chi connectivity index (χ2n) is 12.5. The number of fused-ring (bicyclic) bond motifs is 6. The minimum atomic E-state index is -4.69. The molecule has 0 spiro atoms. The van der Waals surface area contributed by atoms with Gasteiger partial charge < -0.3 is 31.7 Å². The minimum Gasteiger partial charge on any atom is -1.00 e. The van der Waals surface area contributed by atoms with Crippen molar-refractivity contribution < 1.29 is 65.1 Å². The number of hydrogen-bond donors (Lipinski definition) is 3. The van der Waals surface area contributed by atoms with Crippen LogP contribution in [-0.2, 0) is 4.74 Å². The first-order valence-corrected chi connectivity index (χ1v) is 18.5. The van der Waals surface area contributed by atoms with Gasteiger partial charge in [-0.3, -0.25) is 5.41 Å². The van der Waals surface area contributed by atoms with Crippen LogP contribution in [0.25, 0.3) is 66.7 Å². The Hall–Kier alpha value is -5.86. The highest BCUT2D eigenvalue weighted by Crippen LogP contribution is 2.41. The van der Waals surface area contributed by atoms with E-state index in [1.54, 1.807) is 18.2 Å². The van der Waals surface area contributed by atoms with Crippen LogP contribution in [0.15, 0.2) is 118 Å². The summed E-state index contributed by atoms with van der Waals surface area (Å²) < 4.78 is 52.2. The van der Waals surface area contributed by atoms with Gasteiger partial charge in [-0.1, -0.05) is 49.9 Å². The van der Waals surface area contributed by atoms with E-state index in [4.69, 9.17) is 48.3 Å². The highest BCUT2D eigenvalue weighted by Gasteiger charge is 2.22. The van der Waals surface area contributed by atoms with Crippen molar-refractivity contribution in [3.05, 3.63) is 131 Å². The zero-order valence-electron chi connectivity index (χ0n) is 30.9.